The van der Waals surface area contributed by atoms with Crippen molar-refractivity contribution in [3.05, 3.63) is 33.8 Å². The minimum Gasteiger partial charge on any atom is -0.388 e. The van der Waals surface area contributed by atoms with E-state index in [-0.39, 0.29) is 5.41 Å². The van der Waals surface area contributed by atoms with E-state index in [4.69, 9.17) is 28.9 Å². The highest BCUT2D eigenvalue weighted by Crippen LogP contribution is 2.48. The van der Waals surface area contributed by atoms with Crippen molar-refractivity contribution < 1.29 is 5.11 Å². The number of halogens is 2. The minimum atomic E-state index is -0.597. The maximum Gasteiger partial charge on any atom is 0.0872 e. The average Bonchev–Trinajstić information content (AvgIpc) is 2.78. The number of nitrogens with two attached hydrogens (primary N) is 1. The molecule has 1 aromatic rings. The fraction of sp³-hybridized carbons (Fsp3) is 0.538. The van der Waals surface area contributed by atoms with Crippen LogP contribution < -0.4 is 5.73 Å². The largest absolute Gasteiger partial charge is 0.388 e. The number of hydrogen-bond acceptors (Lipinski definition) is 2. The zero-order chi connectivity index (χ0) is 12.5. The summed E-state index contributed by atoms with van der Waals surface area (Å²) in [4.78, 5) is 0. The van der Waals surface area contributed by atoms with Crippen molar-refractivity contribution in [1.29, 1.82) is 0 Å². The van der Waals surface area contributed by atoms with E-state index in [9.17, 15) is 5.11 Å². The van der Waals surface area contributed by atoms with Gasteiger partial charge in [-0.05, 0) is 30.5 Å². The molecule has 1 aliphatic rings. The molecule has 0 spiro atoms. The molecule has 2 nitrogen and oxygen atoms in total. The molecule has 2 rings (SSSR count). The fourth-order valence-electron chi connectivity index (χ4n) is 2.72. The summed E-state index contributed by atoms with van der Waals surface area (Å²) in [5, 5.41) is 11.6. The summed E-state index contributed by atoms with van der Waals surface area (Å²) in [5.74, 6) is 0. The van der Waals surface area contributed by atoms with E-state index in [0.29, 0.717) is 16.6 Å². The van der Waals surface area contributed by atoms with E-state index in [0.717, 1.165) is 31.2 Å². The smallest absolute Gasteiger partial charge is 0.0872 e. The number of hydrogen-bond donors (Lipinski definition) is 2. The van der Waals surface area contributed by atoms with Gasteiger partial charge in [0.2, 0.25) is 0 Å². The first-order valence-electron chi connectivity index (χ1n) is 5.92. The predicted octanol–water partition coefficient (Wildman–Crippen LogP) is 3.55. The summed E-state index contributed by atoms with van der Waals surface area (Å²) in [7, 11) is 0. The number of aliphatic hydroxyl groups is 1. The molecule has 0 bridgehead atoms. The van der Waals surface area contributed by atoms with Crippen LogP contribution in [0.1, 0.15) is 37.4 Å². The molecular formula is C13H17Cl2NO. The van der Waals surface area contributed by atoms with Gasteiger partial charge in [0.25, 0.3) is 0 Å². The topological polar surface area (TPSA) is 46.2 Å². The van der Waals surface area contributed by atoms with Crippen LogP contribution in [0, 0.1) is 5.41 Å². The van der Waals surface area contributed by atoms with Crippen molar-refractivity contribution in [2.75, 3.05) is 6.54 Å². The second kappa shape index (κ2) is 5.15. The Morgan fingerprint density at radius 3 is 2.47 bits per heavy atom. The van der Waals surface area contributed by atoms with Gasteiger partial charge in [0, 0.05) is 22.0 Å². The molecule has 0 heterocycles. The van der Waals surface area contributed by atoms with E-state index in [1.165, 1.54) is 0 Å². The third-order valence-electron chi connectivity index (χ3n) is 3.84. The van der Waals surface area contributed by atoms with E-state index in [2.05, 4.69) is 0 Å². The molecule has 17 heavy (non-hydrogen) atoms. The highest BCUT2D eigenvalue weighted by molar-refractivity contribution is 6.35. The summed E-state index contributed by atoms with van der Waals surface area (Å²) >= 11 is 12.0. The third kappa shape index (κ3) is 2.45. The molecule has 3 N–H and O–H groups in total. The van der Waals surface area contributed by atoms with E-state index in [1.807, 2.05) is 0 Å². The van der Waals surface area contributed by atoms with Crippen LogP contribution >= 0.6 is 23.2 Å². The molecule has 1 atom stereocenters. The summed E-state index contributed by atoms with van der Waals surface area (Å²) in [6.07, 6.45) is 3.58. The van der Waals surface area contributed by atoms with Gasteiger partial charge >= 0.3 is 0 Å². The van der Waals surface area contributed by atoms with Crippen molar-refractivity contribution in [2.45, 2.75) is 31.8 Å². The molecule has 1 fully saturated rings. The first-order chi connectivity index (χ1) is 8.09. The van der Waals surface area contributed by atoms with Gasteiger partial charge in [-0.3, -0.25) is 0 Å². The Kier molecular flexibility index (Phi) is 3.99. The molecule has 0 aromatic heterocycles. The van der Waals surface area contributed by atoms with Crippen LogP contribution in [-0.4, -0.2) is 11.7 Å². The van der Waals surface area contributed by atoms with Crippen LogP contribution in [0.3, 0.4) is 0 Å². The zero-order valence-electron chi connectivity index (χ0n) is 9.63. The van der Waals surface area contributed by atoms with Gasteiger partial charge in [-0.15, -0.1) is 0 Å². The van der Waals surface area contributed by atoms with E-state index >= 15 is 0 Å². The Morgan fingerprint density at radius 2 is 1.94 bits per heavy atom. The predicted molar refractivity (Wildman–Crippen MR) is 71.4 cm³/mol. The van der Waals surface area contributed by atoms with Crippen LogP contribution in [0.2, 0.25) is 10.0 Å². The van der Waals surface area contributed by atoms with Crippen LogP contribution in [0.25, 0.3) is 0 Å². The highest BCUT2D eigenvalue weighted by atomic mass is 35.5. The summed E-state index contributed by atoms with van der Waals surface area (Å²) in [5.41, 5.74) is 6.39. The minimum absolute atomic E-state index is 0.211. The molecular weight excluding hydrogens is 257 g/mol. The van der Waals surface area contributed by atoms with Crippen LogP contribution in [-0.2, 0) is 0 Å². The van der Waals surface area contributed by atoms with Gasteiger partial charge in [0.15, 0.2) is 0 Å². The van der Waals surface area contributed by atoms with Crippen molar-refractivity contribution >= 4 is 23.2 Å². The number of aliphatic hydroxyl groups excluding tert-OH is 1. The first-order valence-corrected chi connectivity index (χ1v) is 6.68. The lowest BCUT2D eigenvalue weighted by atomic mass is 9.77. The Bertz CT molecular complexity index is 402. The average molecular weight is 274 g/mol. The van der Waals surface area contributed by atoms with Crippen molar-refractivity contribution in [3.8, 4) is 0 Å². The molecule has 1 aliphatic carbocycles. The van der Waals surface area contributed by atoms with Crippen molar-refractivity contribution in [3.63, 3.8) is 0 Å². The maximum absolute atomic E-state index is 10.5. The van der Waals surface area contributed by atoms with Crippen molar-refractivity contribution in [2.24, 2.45) is 11.1 Å². The quantitative estimate of drug-likeness (QED) is 0.885. The molecule has 1 aromatic carbocycles. The molecule has 1 saturated carbocycles. The Balaban J connectivity index is 2.32. The second-order valence-corrected chi connectivity index (χ2v) is 5.69. The lowest BCUT2D eigenvalue weighted by Gasteiger charge is -2.33. The lowest BCUT2D eigenvalue weighted by molar-refractivity contribution is 0.0334. The second-order valence-electron chi connectivity index (χ2n) is 4.84. The van der Waals surface area contributed by atoms with Gasteiger partial charge in [-0.2, -0.15) is 0 Å². The van der Waals surface area contributed by atoms with Crippen LogP contribution in [0.15, 0.2) is 18.2 Å². The molecule has 4 heteroatoms. The van der Waals surface area contributed by atoms with Crippen LogP contribution in [0.4, 0.5) is 0 Å². The lowest BCUT2D eigenvalue weighted by Crippen LogP contribution is -2.34. The SMILES string of the molecule is NCC1(C(O)c2ccc(Cl)cc2Cl)CCCC1. The third-order valence-corrected chi connectivity index (χ3v) is 4.41. The van der Waals surface area contributed by atoms with Crippen LogP contribution in [0.5, 0.6) is 0 Å². The van der Waals surface area contributed by atoms with Gasteiger partial charge in [-0.25, -0.2) is 0 Å². The van der Waals surface area contributed by atoms with Crippen molar-refractivity contribution in [1.82, 2.24) is 0 Å². The summed E-state index contributed by atoms with van der Waals surface area (Å²) < 4.78 is 0. The van der Waals surface area contributed by atoms with Gasteiger partial charge < -0.3 is 10.8 Å². The first kappa shape index (κ1) is 13.2. The van der Waals surface area contributed by atoms with E-state index in [1.54, 1.807) is 18.2 Å². The Morgan fingerprint density at radius 1 is 1.29 bits per heavy atom. The summed E-state index contributed by atoms with van der Waals surface area (Å²) in [6.45, 7) is 0.493. The molecule has 1 unspecified atom stereocenters. The van der Waals surface area contributed by atoms with E-state index < -0.39 is 6.10 Å². The molecule has 94 valence electrons. The summed E-state index contributed by atoms with van der Waals surface area (Å²) in [6, 6.07) is 5.22. The molecule has 0 aliphatic heterocycles. The standard InChI is InChI=1S/C13H17Cl2NO/c14-9-3-4-10(11(15)7-9)12(17)13(8-16)5-1-2-6-13/h3-4,7,12,17H,1-2,5-6,8,16H2. The molecule has 0 saturated heterocycles. The normalized spacial score (nSPS) is 20.5. The molecule has 0 amide bonds. The van der Waals surface area contributed by atoms with Gasteiger partial charge in [0.05, 0.1) is 6.10 Å². The maximum atomic E-state index is 10.5. The van der Waals surface area contributed by atoms with Gasteiger partial charge in [0.1, 0.15) is 0 Å². The number of rotatable bonds is 3. The highest BCUT2D eigenvalue weighted by Gasteiger charge is 2.40. The number of benzene rings is 1. The molecule has 0 radical (unpaired) electrons. The Labute approximate surface area is 112 Å². The monoisotopic (exact) mass is 273 g/mol. The zero-order valence-corrected chi connectivity index (χ0v) is 11.1. The Hall–Kier alpha value is -0.280. The fourth-order valence-corrected chi connectivity index (χ4v) is 3.23. The van der Waals surface area contributed by atoms with Gasteiger partial charge in [-0.1, -0.05) is 42.1 Å².